The molecule has 1 aromatic rings. The second-order valence-electron chi connectivity index (χ2n) is 2.43. The number of hydrogen-bond donors (Lipinski definition) is 1. The molecular weight excluding hydrogens is 172 g/mol. The standard InChI is InChI=1S/C13H8O/c1-2-12-7-9-13(10-8-12)6-4-3-5-11-14/h1,7-10,14H,11H2. The third-order valence-electron chi connectivity index (χ3n) is 1.49. The molecule has 0 fully saturated rings. The van der Waals surface area contributed by atoms with E-state index >= 15 is 0 Å². The van der Waals surface area contributed by atoms with Gasteiger partial charge in [0.1, 0.15) is 6.61 Å². The van der Waals surface area contributed by atoms with Crippen molar-refractivity contribution in [2.75, 3.05) is 6.61 Å². The first-order valence-corrected chi connectivity index (χ1v) is 4.03. The van der Waals surface area contributed by atoms with Gasteiger partial charge in [0.2, 0.25) is 0 Å². The molecule has 0 bridgehead atoms. The van der Waals surface area contributed by atoms with E-state index in [1.165, 1.54) is 0 Å². The summed E-state index contributed by atoms with van der Waals surface area (Å²) in [7, 11) is 0. The highest BCUT2D eigenvalue weighted by atomic mass is 16.2. The normalized spacial score (nSPS) is 7.43. The van der Waals surface area contributed by atoms with Crippen LogP contribution in [0, 0.1) is 36.0 Å². The zero-order chi connectivity index (χ0) is 10.2. The lowest BCUT2D eigenvalue weighted by Crippen LogP contribution is -1.76. The van der Waals surface area contributed by atoms with Crippen LogP contribution in [0.2, 0.25) is 0 Å². The van der Waals surface area contributed by atoms with Gasteiger partial charge in [-0.3, -0.25) is 0 Å². The molecule has 1 nitrogen and oxygen atoms in total. The Morgan fingerprint density at radius 2 is 1.71 bits per heavy atom. The molecule has 1 aromatic carbocycles. The third kappa shape index (κ3) is 3.08. The molecule has 1 N–H and O–H groups in total. The third-order valence-corrected chi connectivity index (χ3v) is 1.49. The highest BCUT2D eigenvalue weighted by Crippen LogP contribution is 2.00. The van der Waals surface area contributed by atoms with E-state index < -0.39 is 0 Å². The molecule has 0 aliphatic rings. The second-order valence-corrected chi connectivity index (χ2v) is 2.43. The van der Waals surface area contributed by atoms with E-state index in [1.54, 1.807) is 0 Å². The Balaban J connectivity index is 2.78. The van der Waals surface area contributed by atoms with Crippen LogP contribution < -0.4 is 0 Å². The molecule has 0 amide bonds. The summed E-state index contributed by atoms with van der Waals surface area (Å²) >= 11 is 0. The van der Waals surface area contributed by atoms with Gasteiger partial charge in [0.25, 0.3) is 0 Å². The maximum absolute atomic E-state index is 8.37. The predicted molar refractivity (Wildman–Crippen MR) is 56.1 cm³/mol. The zero-order valence-corrected chi connectivity index (χ0v) is 7.54. The van der Waals surface area contributed by atoms with Gasteiger partial charge >= 0.3 is 0 Å². The lowest BCUT2D eigenvalue weighted by molar-refractivity contribution is 0.350. The lowest BCUT2D eigenvalue weighted by Gasteiger charge is -1.89. The van der Waals surface area contributed by atoms with Crippen molar-refractivity contribution < 1.29 is 5.11 Å². The van der Waals surface area contributed by atoms with Gasteiger partial charge in [0.15, 0.2) is 0 Å². The predicted octanol–water partition coefficient (Wildman–Crippen LogP) is 1.02. The lowest BCUT2D eigenvalue weighted by atomic mass is 10.1. The van der Waals surface area contributed by atoms with E-state index in [1.807, 2.05) is 24.3 Å². The molecule has 0 atom stereocenters. The van der Waals surface area contributed by atoms with Crippen LogP contribution in [0.1, 0.15) is 11.1 Å². The fourth-order valence-corrected chi connectivity index (χ4v) is 0.837. The van der Waals surface area contributed by atoms with Crippen LogP contribution in [-0.2, 0) is 0 Å². The number of aliphatic hydroxyl groups is 1. The number of rotatable bonds is 0. The van der Waals surface area contributed by atoms with Gasteiger partial charge in [-0.2, -0.15) is 0 Å². The molecule has 0 saturated heterocycles. The summed E-state index contributed by atoms with van der Waals surface area (Å²) < 4.78 is 0. The van der Waals surface area contributed by atoms with E-state index in [9.17, 15) is 0 Å². The van der Waals surface area contributed by atoms with Gasteiger partial charge in [0.05, 0.1) is 0 Å². The van der Waals surface area contributed by atoms with Crippen molar-refractivity contribution >= 4 is 0 Å². The molecule has 0 aliphatic heterocycles. The van der Waals surface area contributed by atoms with Crippen molar-refractivity contribution in [3.8, 4) is 36.0 Å². The number of hydrogen-bond acceptors (Lipinski definition) is 1. The van der Waals surface area contributed by atoms with Crippen LogP contribution in [0.4, 0.5) is 0 Å². The van der Waals surface area contributed by atoms with Crippen LogP contribution >= 0.6 is 0 Å². The Morgan fingerprint density at radius 3 is 2.29 bits per heavy atom. The van der Waals surface area contributed by atoms with Gasteiger partial charge < -0.3 is 5.11 Å². The Morgan fingerprint density at radius 1 is 1.07 bits per heavy atom. The molecule has 1 rings (SSSR count). The first-order valence-electron chi connectivity index (χ1n) is 4.03. The molecule has 0 unspecified atom stereocenters. The first-order chi connectivity index (χ1) is 6.86. The van der Waals surface area contributed by atoms with Crippen molar-refractivity contribution in [2.45, 2.75) is 0 Å². The summed E-state index contributed by atoms with van der Waals surface area (Å²) in [6, 6.07) is 7.32. The minimum absolute atomic E-state index is 0.162. The van der Waals surface area contributed by atoms with Gasteiger partial charge in [-0.1, -0.05) is 17.8 Å². The minimum atomic E-state index is -0.162. The van der Waals surface area contributed by atoms with E-state index in [2.05, 4.69) is 29.6 Å². The number of benzene rings is 1. The fourth-order valence-electron chi connectivity index (χ4n) is 0.837. The van der Waals surface area contributed by atoms with Crippen LogP contribution in [0.25, 0.3) is 0 Å². The monoisotopic (exact) mass is 180 g/mol. The first kappa shape index (κ1) is 9.94. The average molecular weight is 180 g/mol. The van der Waals surface area contributed by atoms with Crippen molar-refractivity contribution in [1.82, 2.24) is 0 Å². The van der Waals surface area contributed by atoms with E-state index in [4.69, 9.17) is 11.5 Å². The summed E-state index contributed by atoms with van der Waals surface area (Å²) in [4.78, 5) is 0. The van der Waals surface area contributed by atoms with E-state index in [0.29, 0.717) is 0 Å². The number of terminal acetylenes is 1. The molecule has 0 spiro atoms. The average Bonchev–Trinajstić information content (AvgIpc) is 2.25. The fraction of sp³-hybridized carbons (Fsp3) is 0.0769. The Kier molecular flexibility index (Phi) is 3.90. The Labute approximate surface area is 83.8 Å². The summed E-state index contributed by atoms with van der Waals surface area (Å²) in [5, 5.41) is 8.37. The largest absolute Gasteiger partial charge is 0.384 e. The Bertz CT molecular complexity index is 452. The van der Waals surface area contributed by atoms with Crippen LogP contribution in [0.5, 0.6) is 0 Å². The van der Waals surface area contributed by atoms with Crippen molar-refractivity contribution in [2.24, 2.45) is 0 Å². The molecule has 14 heavy (non-hydrogen) atoms. The maximum Gasteiger partial charge on any atom is 0.105 e. The van der Waals surface area contributed by atoms with Crippen molar-refractivity contribution in [3.63, 3.8) is 0 Å². The molecule has 0 radical (unpaired) electrons. The van der Waals surface area contributed by atoms with Gasteiger partial charge in [0, 0.05) is 11.1 Å². The van der Waals surface area contributed by atoms with Crippen LogP contribution in [0.15, 0.2) is 24.3 Å². The van der Waals surface area contributed by atoms with E-state index in [0.717, 1.165) is 11.1 Å². The van der Waals surface area contributed by atoms with Gasteiger partial charge in [-0.05, 0) is 36.1 Å². The van der Waals surface area contributed by atoms with Gasteiger partial charge in [-0.25, -0.2) is 0 Å². The quantitative estimate of drug-likeness (QED) is 0.591. The summed E-state index contributed by atoms with van der Waals surface area (Å²) in [5.74, 6) is 12.9. The summed E-state index contributed by atoms with van der Waals surface area (Å²) in [5.41, 5.74) is 1.69. The summed E-state index contributed by atoms with van der Waals surface area (Å²) in [6.07, 6.45) is 5.20. The molecule has 0 aromatic heterocycles. The molecule has 66 valence electrons. The van der Waals surface area contributed by atoms with E-state index in [-0.39, 0.29) is 6.61 Å². The summed E-state index contributed by atoms with van der Waals surface area (Å²) in [6.45, 7) is -0.162. The smallest absolute Gasteiger partial charge is 0.105 e. The van der Waals surface area contributed by atoms with Gasteiger partial charge in [-0.15, -0.1) is 6.42 Å². The maximum atomic E-state index is 8.37. The minimum Gasteiger partial charge on any atom is -0.384 e. The molecule has 0 saturated carbocycles. The highest BCUT2D eigenvalue weighted by Gasteiger charge is 1.86. The van der Waals surface area contributed by atoms with Crippen LogP contribution in [-0.4, -0.2) is 11.7 Å². The highest BCUT2D eigenvalue weighted by molar-refractivity contribution is 5.43. The van der Waals surface area contributed by atoms with Crippen LogP contribution in [0.3, 0.4) is 0 Å². The zero-order valence-electron chi connectivity index (χ0n) is 7.54. The molecule has 0 heterocycles. The topological polar surface area (TPSA) is 20.2 Å². The molecule has 1 heteroatoms. The molecule has 0 aliphatic carbocycles. The Hall–Kier alpha value is -2.14. The van der Waals surface area contributed by atoms with Crippen molar-refractivity contribution in [1.29, 1.82) is 0 Å². The SMILES string of the molecule is C#Cc1ccc(C#CC#CCO)cc1. The van der Waals surface area contributed by atoms with Crippen molar-refractivity contribution in [3.05, 3.63) is 35.4 Å². The molecular formula is C13H8O. The second kappa shape index (κ2) is 5.50. The number of aliphatic hydroxyl groups excluding tert-OH is 1.